The number of ether oxygens (including phenoxy) is 1. The van der Waals surface area contributed by atoms with Gasteiger partial charge in [-0.15, -0.1) is 0 Å². The summed E-state index contributed by atoms with van der Waals surface area (Å²) in [6, 6.07) is 11.3. The van der Waals surface area contributed by atoms with Crippen LogP contribution in [0.25, 0.3) is 0 Å². The molecular formula is C29H27ClFNO5. The minimum atomic E-state index is -0.932. The molecule has 192 valence electrons. The Bertz CT molecular complexity index is 1300. The standard InChI is InChI=1S/C29H27ClFNO5/c30-18-10-11-25(37-16-17-4-1-5-19(31)14-17)20(15-18)27-28-21(6-2-8-23(28)33)32(13-12-26(35)36)22-7-3-9-24(34)29(22)27/h1,4-5,10-11,14-15,27H,2-3,6-9,12-13,16H2,(H,35,36). The smallest absolute Gasteiger partial charge is 0.305 e. The van der Waals surface area contributed by atoms with Crippen LogP contribution in [-0.2, 0) is 21.0 Å². The number of allylic oxidation sites excluding steroid dienone is 4. The highest BCUT2D eigenvalue weighted by atomic mass is 35.5. The van der Waals surface area contributed by atoms with Crippen molar-refractivity contribution >= 4 is 29.1 Å². The predicted molar refractivity (Wildman–Crippen MR) is 136 cm³/mol. The van der Waals surface area contributed by atoms with Crippen molar-refractivity contribution in [1.29, 1.82) is 0 Å². The third kappa shape index (κ3) is 5.05. The molecule has 0 fully saturated rings. The van der Waals surface area contributed by atoms with Gasteiger partial charge in [0.25, 0.3) is 0 Å². The van der Waals surface area contributed by atoms with Crippen LogP contribution in [-0.4, -0.2) is 34.1 Å². The van der Waals surface area contributed by atoms with E-state index in [2.05, 4.69) is 0 Å². The first-order chi connectivity index (χ1) is 17.8. The highest BCUT2D eigenvalue weighted by Crippen LogP contribution is 2.51. The van der Waals surface area contributed by atoms with Crippen LogP contribution in [0.2, 0.25) is 5.02 Å². The quantitative estimate of drug-likeness (QED) is 0.483. The van der Waals surface area contributed by atoms with E-state index in [9.17, 15) is 23.9 Å². The maximum atomic E-state index is 13.7. The van der Waals surface area contributed by atoms with Gasteiger partial charge in [-0.1, -0.05) is 23.7 Å². The highest BCUT2D eigenvalue weighted by molar-refractivity contribution is 6.30. The van der Waals surface area contributed by atoms with Gasteiger partial charge in [-0.25, -0.2) is 4.39 Å². The lowest BCUT2D eigenvalue weighted by atomic mass is 9.70. The summed E-state index contributed by atoms with van der Waals surface area (Å²) >= 11 is 6.43. The Hall–Kier alpha value is -3.45. The lowest BCUT2D eigenvalue weighted by molar-refractivity contribution is -0.137. The van der Waals surface area contributed by atoms with Crippen LogP contribution in [0, 0.1) is 5.82 Å². The number of carboxylic acids is 1. The van der Waals surface area contributed by atoms with Crippen LogP contribution in [0.5, 0.6) is 5.75 Å². The van der Waals surface area contributed by atoms with Gasteiger partial charge in [0.05, 0.1) is 6.42 Å². The second-order valence-corrected chi connectivity index (χ2v) is 10.0. The number of aliphatic carboxylic acids is 1. The molecule has 1 aliphatic heterocycles. The Morgan fingerprint density at radius 1 is 1.00 bits per heavy atom. The van der Waals surface area contributed by atoms with Crippen molar-refractivity contribution in [3.8, 4) is 5.75 Å². The minimum Gasteiger partial charge on any atom is -0.489 e. The molecule has 2 aromatic rings. The Labute approximate surface area is 219 Å². The molecule has 37 heavy (non-hydrogen) atoms. The van der Waals surface area contributed by atoms with Gasteiger partial charge < -0.3 is 14.7 Å². The van der Waals surface area contributed by atoms with Crippen molar-refractivity contribution in [2.45, 2.75) is 57.5 Å². The van der Waals surface area contributed by atoms with E-state index in [1.807, 2.05) is 4.90 Å². The summed E-state index contributed by atoms with van der Waals surface area (Å²) in [6.07, 6.45) is 3.22. The highest BCUT2D eigenvalue weighted by Gasteiger charge is 2.44. The number of halogens is 2. The number of Topliss-reactive ketones (excluding diaryl/α,β-unsaturated/α-hetero) is 2. The molecule has 0 unspecified atom stereocenters. The molecule has 0 radical (unpaired) electrons. The molecule has 3 aliphatic rings. The molecule has 0 saturated carbocycles. The molecule has 2 aromatic carbocycles. The van der Waals surface area contributed by atoms with Crippen molar-refractivity contribution in [2.24, 2.45) is 0 Å². The summed E-state index contributed by atoms with van der Waals surface area (Å²) in [4.78, 5) is 40.2. The number of nitrogens with zero attached hydrogens (tertiary/aromatic N) is 1. The van der Waals surface area contributed by atoms with Crippen molar-refractivity contribution < 1.29 is 28.6 Å². The maximum absolute atomic E-state index is 13.7. The Kier molecular flexibility index (Phi) is 7.15. The van der Waals surface area contributed by atoms with Crippen molar-refractivity contribution in [3.05, 3.63) is 87.0 Å². The van der Waals surface area contributed by atoms with Gasteiger partial charge in [-0.2, -0.15) is 0 Å². The largest absolute Gasteiger partial charge is 0.489 e. The van der Waals surface area contributed by atoms with E-state index in [1.54, 1.807) is 30.3 Å². The first kappa shape index (κ1) is 25.2. The number of carbonyl (C=O) groups excluding carboxylic acids is 2. The third-order valence-corrected chi connectivity index (χ3v) is 7.44. The summed E-state index contributed by atoms with van der Waals surface area (Å²) in [5.74, 6) is -1.57. The van der Waals surface area contributed by atoms with E-state index in [0.29, 0.717) is 71.6 Å². The average Bonchev–Trinajstić information content (AvgIpc) is 2.86. The third-order valence-electron chi connectivity index (χ3n) is 7.20. The fraction of sp³-hybridized carbons (Fsp3) is 0.345. The summed E-state index contributed by atoms with van der Waals surface area (Å²) in [5, 5.41) is 9.80. The molecule has 0 amide bonds. The van der Waals surface area contributed by atoms with E-state index in [-0.39, 0.29) is 37.0 Å². The molecule has 0 bridgehead atoms. The summed E-state index contributed by atoms with van der Waals surface area (Å²) in [5.41, 5.74) is 3.92. The van der Waals surface area contributed by atoms with Gasteiger partial charge in [-0.05, 0) is 61.6 Å². The van der Waals surface area contributed by atoms with Gasteiger partial charge in [0.15, 0.2) is 11.6 Å². The van der Waals surface area contributed by atoms with Gasteiger partial charge in [-0.3, -0.25) is 14.4 Å². The Balaban J connectivity index is 1.63. The summed E-state index contributed by atoms with van der Waals surface area (Å²) in [7, 11) is 0. The van der Waals surface area contributed by atoms with Gasteiger partial charge in [0, 0.05) is 58.4 Å². The van der Waals surface area contributed by atoms with E-state index in [4.69, 9.17) is 16.3 Å². The van der Waals surface area contributed by atoms with E-state index < -0.39 is 11.9 Å². The zero-order valence-electron chi connectivity index (χ0n) is 20.3. The predicted octanol–water partition coefficient (Wildman–Crippen LogP) is 5.95. The molecule has 6 nitrogen and oxygen atoms in total. The number of benzene rings is 2. The summed E-state index contributed by atoms with van der Waals surface area (Å²) < 4.78 is 19.9. The van der Waals surface area contributed by atoms with Crippen molar-refractivity contribution in [2.75, 3.05) is 6.54 Å². The van der Waals surface area contributed by atoms with Crippen LogP contribution in [0.1, 0.15) is 62.0 Å². The maximum Gasteiger partial charge on any atom is 0.305 e. The molecule has 1 heterocycles. The van der Waals surface area contributed by atoms with E-state index >= 15 is 0 Å². The second kappa shape index (κ2) is 10.5. The van der Waals surface area contributed by atoms with Crippen LogP contribution >= 0.6 is 11.6 Å². The lowest BCUT2D eigenvalue weighted by Gasteiger charge is -2.44. The molecule has 2 aliphatic carbocycles. The molecular weight excluding hydrogens is 497 g/mol. The van der Waals surface area contributed by atoms with Crippen LogP contribution in [0.15, 0.2) is 65.0 Å². The monoisotopic (exact) mass is 523 g/mol. The van der Waals surface area contributed by atoms with Crippen molar-refractivity contribution in [1.82, 2.24) is 4.90 Å². The van der Waals surface area contributed by atoms with Crippen LogP contribution in [0.3, 0.4) is 0 Å². The fourth-order valence-corrected chi connectivity index (χ4v) is 5.85. The Morgan fingerprint density at radius 2 is 1.68 bits per heavy atom. The lowest BCUT2D eigenvalue weighted by Crippen LogP contribution is -2.40. The number of ketones is 2. The zero-order chi connectivity index (χ0) is 26.1. The second-order valence-electron chi connectivity index (χ2n) is 9.60. The molecule has 0 atom stereocenters. The van der Waals surface area contributed by atoms with Crippen LogP contribution < -0.4 is 4.74 Å². The number of rotatable bonds is 7. The van der Waals surface area contributed by atoms with Gasteiger partial charge in [0.1, 0.15) is 18.2 Å². The normalized spacial score (nSPS) is 18.2. The first-order valence-corrected chi connectivity index (χ1v) is 12.9. The molecule has 5 rings (SSSR count). The number of hydrogen-bond donors (Lipinski definition) is 1. The fourth-order valence-electron chi connectivity index (χ4n) is 5.67. The molecule has 0 aromatic heterocycles. The zero-order valence-corrected chi connectivity index (χ0v) is 21.0. The first-order valence-electron chi connectivity index (χ1n) is 12.5. The average molecular weight is 524 g/mol. The number of hydrogen-bond acceptors (Lipinski definition) is 5. The SMILES string of the molecule is O=C(O)CCN1C2=C(C(=O)CCC2)C(c2cc(Cl)ccc2OCc2cccc(F)c2)C2=C1CCCC2=O. The Morgan fingerprint density at radius 3 is 2.30 bits per heavy atom. The molecule has 8 heteroatoms. The minimum absolute atomic E-state index is 0.0486. The number of carboxylic acid groups (broad SMARTS) is 1. The molecule has 1 N–H and O–H groups in total. The van der Waals surface area contributed by atoms with Crippen LogP contribution in [0.4, 0.5) is 4.39 Å². The van der Waals surface area contributed by atoms with Gasteiger partial charge in [0.2, 0.25) is 0 Å². The van der Waals surface area contributed by atoms with Crippen molar-refractivity contribution in [3.63, 3.8) is 0 Å². The van der Waals surface area contributed by atoms with E-state index in [1.165, 1.54) is 12.1 Å². The molecule has 0 spiro atoms. The van der Waals surface area contributed by atoms with E-state index in [0.717, 1.165) is 11.4 Å². The summed E-state index contributed by atoms with van der Waals surface area (Å²) in [6.45, 7) is 0.308. The number of carbonyl (C=O) groups is 3. The topological polar surface area (TPSA) is 83.9 Å². The van der Waals surface area contributed by atoms with Gasteiger partial charge >= 0.3 is 5.97 Å². The molecule has 0 saturated heterocycles.